The van der Waals surface area contributed by atoms with E-state index < -0.39 is 0 Å². The fraction of sp³-hybridized carbons (Fsp3) is 0.188. The van der Waals surface area contributed by atoms with Crippen molar-refractivity contribution in [3.63, 3.8) is 0 Å². The molecular weight excluding hydrogens is 192 g/mol. The fourth-order valence-corrected chi connectivity index (χ4v) is 2.53. The minimum Gasteiger partial charge on any atom is -0.0622 e. The Balaban J connectivity index is 1.99. The molecule has 3 rings (SSSR count). The second kappa shape index (κ2) is 3.79. The van der Waals surface area contributed by atoms with Crippen LogP contribution in [0.5, 0.6) is 0 Å². The molecule has 16 heavy (non-hydrogen) atoms. The van der Waals surface area contributed by atoms with Crippen LogP contribution in [-0.2, 0) is 0 Å². The molecule has 0 heterocycles. The van der Waals surface area contributed by atoms with Crippen molar-refractivity contribution in [2.75, 3.05) is 0 Å². The van der Waals surface area contributed by atoms with Gasteiger partial charge in [0.15, 0.2) is 0 Å². The summed E-state index contributed by atoms with van der Waals surface area (Å²) in [6.07, 6.45) is 3.60. The summed E-state index contributed by atoms with van der Waals surface area (Å²) in [7, 11) is 0. The van der Waals surface area contributed by atoms with Crippen LogP contribution >= 0.6 is 0 Å². The first-order chi connectivity index (χ1) is 7.86. The number of fused-ring (bicyclic) bond motifs is 1. The minimum atomic E-state index is 0.415. The van der Waals surface area contributed by atoms with E-state index >= 15 is 0 Å². The summed E-state index contributed by atoms with van der Waals surface area (Å²) >= 11 is 0. The van der Waals surface area contributed by atoms with E-state index in [0.717, 1.165) is 0 Å². The minimum absolute atomic E-state index is 0.415. The van der Waals surface area contributed by atoms with Crippen molar-refractivity contribution >= 4 is 0 Å². The highest BCUT2D eigenvalue weighted by molar-refractivity contribution is 5.47. The van der Waals surface area contributed by atoms with Gasteiger partial charge in [-0.3, -0.25) is 0 Å². The molecule has 2 aromatic carbocycles. The Kier molecular flexibility index (Phi) is 2.28. The van der Waals surface area contributed by atoms with Crippen LogP contribution in [0, 0.1) is 6.42 Å². The van der Waals surface area contributed by atoms with Crippen molar-refractivity contribution in [3.8, 4) is 0 Å². The molecule has 0 N–H and O–H groups in total. The predicted octanol–water partition coefficient (Wildman–Crippen LogP) is 4.02. The Labute approximate surface area is 96.9 Å². The van der Waals surface area contributed by atoms with E-state index in [0.29, 0.717) is 11.8 Å². The average molecular weight is 206 g/mol. The zero-order valence-electron chi connectivity index (χ0n) is 9.35. The van der Waals surface area contributed by atoms with Crippen LogP contribution in [0.4, 0.5) is 0 Å². The van der Waals surface area contributed by atoms with Crippen molar-refractivity contribution in [2.45, 2.75) is 18.8 Å². The average Bonchev–Trinajstić information content (AvgIpc) is 2.69. The van der Waals surface area contributed by atoms with Crippen LogP contribution < -0.4 is 0 Å². The molecule has 0 saturated heterocycles. The molecule has 0 amide bonds. The second-order valence-electron chi connectivity index (χ2n) is 4.41. The first kappa shape index (κ1) is 9.65. The predicted molar refractivity (Wildman–Crippen MR) is 66.4 cm³/mol. The van der Waals surface area contributed by atoms with E-state index in [4.69, 9.17) is 0 Å². The zero-order valence-corrected chi connectivity index (χ0v) is 9.35. The molecule has 2 aromatic rings. The lowest BCUT2D eigenvalue weighted by Crippen LogP contribution is -2.00. The van der Waals surface area contributed by atoms with E-state index in [2.05, 4.69) is 67.9 Å². The Morgan fingerprint density at radius 1 is 0.875 bits per heavy atom. The fourth-order valence-electron chi connectivity index (χ4n) is 2.53. The van der Waals surface area contributed by atoms with E-state index in [9.17, 15) is 0 Å². The van der Waals surface area contributed by atoms with Gasteiger partial charge in [0, 0.05) is 12.3 Å². The van der Waals surface area contributed by atoms with E-state index in [1.54, 1.807) is 0 Å². The summed E-state index contributed by atoms with van der Waals surface area (Å²) in [4.78, 5) is 0. The molecule has 0 aromatic heterocycles. The molecule has 0 fully saturated rings. The van der Waals surface area contributed by atoms with Gasteiger partial charge in [-0.15, -0.1) is 0 Å². The zero-order chi connectivity index (χ0) is 11.0. The van der Waals surface area contributed by atoms with Gasteiger partial charge in [0.05, 0.1) is 0 Å². The van der Waals surface area contributed by atoms with Gasteiger partial charge in [-0.25, -0.2) is 0 Å². The molecule has 2 atom stereocenters. The van der Waals surface area contributed by atoms with Gasteiger partial charge >= 0.3 is 0 Å². The third kappa shape index (κ3) is 1.46. The van der Waals surface area contributed by atoms with E-state index in [-0.39, 0.29) is 0 Å². The highest BCUT2D eigenvalue weighted by Gasteiger charge is 2.30. The smallest absolute Gasteiger partial charge is 0.0254 e. The Hall–Kier alpha value is -1.56. The molecule has 78 valence electrons. The van der Waals surface area contributed by atoms with Gasteiger partial charge < -0.3 is 0 Å². The maximum Gasteiger partial charge on any atom is 0.0254 e. The van der Waals surface area contributed by atoms with Crippen molar-refractivity contribution < 1.29 is 0 Å². The molecule has 0 aliphatic heterocycles. The molecule has 2 unspecified atom stereocenters. The van der Waals surface area contributed by atoms with E-state index in [1.165, 1.54) is 16.7 Å². The maximum atomic E-state index is 3.60. The lowest BCUT2D eigenvalue weighted by Gasteiger charge is -2.15. The first-order valence-corrected chi connectivity index (χ1v) is 5.76. The number of hydrogen-bond acceptors (Lipinski definition) is 0. The van der Waals surface area contributed by atoms with Gasteiger partial charge in [-0.05, 0) is 22.6 Å². The molecule has 0 saturated carbocycles. The molecule has 0 heteroatoms. The van der Waals surface area contributed by atoms with Crippen molar-refractivity contribution in [3.05, 3.63) is 77.7 Å². The quantitative estimate of drug-likeness (QED) is 0.661. The molecule has 1 aliphatic rings. The lowest BCUT2D eigenvalue weighted by atomic mass is 9.88. The van der Waals surface area contributed by atoms with Gasteiger partial charge in [-0.2, -0.15) is 0 Å². The summed E-state index contributed by atoms with van der Waals surface area (Å²) < 4.78 is 0. The highest BCUT2D eigenvalue weighted by atomic mass is 14.3. The SMILES string of the molecule is CC1c2ccccc2[C]C1c1ccccc1. The largest absolute Gasteiger partial charge is 0.0622 e. The van der Waals surface area contributed by atoms with Crippen LogP contribution in [0.2, 0.25) is 0 Å². The molecule has 0 bridgehead atoms. The molecule has 2 radical (unpaired) electrons. The monoisotopic (exact) mass is 206 g/mol. The lowest BCUT2D eigenvalue weighted by molar-refractivity contribution is 0.691. The van der Waals surface area contributed by atoms with Gasteiger partial charge in [-0.1, -0.05) is 61.5 Å². The van der Waals surface area contributed by atoms with Crippen molar-refractivity contribution in [1.29, 1.82) is 0 Å². The summed E-state index contributed by atoms with van der Waals surface area (Å²) in [5.74, 6) is 0.956. The highest BCUT2D eigenvalue weighted by Crippen LogP contribution is 2.44. The summed E-state index contributed by atoms with van der Waals surface area (Å²) in [6.45, 7) is 2.29. The maximum absolute atomic E-state index is 3.60. The molecule has 1 aliphatic carbocycles. The topological polar surface area (TPSA) is 0 Å². The van der Waals surface area contributed by atoms with Gasteiger partial charge in [0.25, 0.3) is 0 Å². The summed E-state index contributed by atoms with van der Waals surface area (Å²) in [5.41, 5.74) is 4.08. The van der Waals surface area contributed by atoms with Crippen LogP contribution in [-0.4, -0.2) is 0 Å². The third-order valence-corrected chi connectivity index (χ3v) is 3.42. The second-order valence-corrected chi connectivity index (χ2v) is 4.41. The number of benzene rings is 2. The van der Waals surface area contributed by atoms with Crippen LogP contribution in [0.1, 0.15) is 35.4 Å². The number of hydrogen-bond donors (Lipinski definition) is 0. The first-order valence-electron chi connectivity index (χ1n) is 5.76. The number of rotatable bonds is 1. The van der Waals surface area contributed by atoms with Crippen molar-refractivity contribution in [1.82, 2.24) is 0 Å². The van der Waals surface area contributed by atoms with Crippen LogP contribution in [0.25, 0.3) is 0 Å². The van der Waals surface area contributed by atoms with Crippen LogP contribution in [0.15, 0.2) is 54.6 Å². The Morgan fingerprint density at radius 3 is 2.31 bits per heavy atom. The van der Waals surface area contributed by atoms with Gasteiger partial charge in [0.1, 0.15) is 0 Å². The molecular formula is C16H14. The van der Waals surface area contributed by atoms with Crippen LogP contribution in [0.3, 0.4) is 0 Å². The van der Waals surface area contributed by atoms with Gasteiger partial charge in [0.2, 0.25) is 0 Å². The third-order valence-electron chi connectivity index (χ3n) is 3.42. The molecule has 0 nitrogen and oxygen atoms in total. The standard InChI is InChI=1S/C16H14/c1-12-15-10-6-5-9-14(15)11-16(12)13-7-3-2-4-8-13/h2-10,12,16H,1H3. The summed E-state index contributed by atoms with van der Waals surface area (Å²) in [5, 5.41) is 0. The summed E-state index contributed by atoms with van der Waals surface area (Å²) in [6, 6.07) is 19.2. The van der Waals surface area contributed by atoms with E-state index in [1.807, 2.05) is 0 Å². The molecule has 0 spiro atoms. The normalized spacial score (nSPS) is 23.1. The Bertz CT molecular complexity index is 484. The van der Waals surface area contributed by atoms with Crippen molar-refractivity contribution in [2.24, 2.45) is 0 Å². The Morgan fingerprint density at radius 2 is 1.56 bits per heavy atom.